The number of carbonyl (C=O) groups is 3. The molecule has 1 unspecified atom stereocenters. The van der Waals surface area contributed by atoms with Crippen LogP contribution in [0, 0.1) is 5.92 Å². The van der Waals surface area contributed by atoms with Gasteiger partial charge in [-0.15, -0.1) is 0 Å². The van der Waals surface area contributed by atoms with E-state index in [4.69, 9.17) is 0 Å². The number of likely N-dealkylation sites (tertiary alicyclic amines) is 1. The molecule has 26 heavy (non-hydrogen) atoms. The second-order valence-corrected chi connectivity index (χ2v) is 6.97. The third-order valence-electron chi connectivity index (χ3n) is 5.35. The summed E-state index contributed by atoms with van der Waals surface area (Å²) in [7, 11) is 1.74. The monoisotopic (exact) mass is 361 g/mol. The van der Waals surface area contributed by atoms with Crippen molar-refractivity contribution in [2.75, 3.05) is 39.8 Å². The molecular weight excluding hydrogens is 334 g/mol. The van der Waals surface area contributed by atoms with Crippen LogP contribution in [0.2, 0.25) is 0 Å². The average molecular weight is 361 g/mol. The van der Waals surface area contributed by atoms with Crippen molar-refractivity contribution in [3.63, 3.8) is 0 Å². The zero-order valence-electron chi connectivity index (χ0n) is 15.8. The molecule has 3 rings (SSSR count). The first-order valence-corrected chi connectivity index (χ1v) is 9.37. The molecule has 1 atom stereocenters. The van der Waals surface area contributed by atoms with E-state index in [9.17, 15) is 14.4 Å². The molecule has 0 N–H and O–H groups in total. The quantitative estimate of drug-likeness (QED) is 0.790. The molecule has 0 aliphatic carbocycles. The summed E-state index contributed by atoms with van der Waals surface area (Å²) < 4.78 is 1.61. The number of hydrogen-bond acceptors (Lipinski definition) is 4. The van der Waals surface area contributed by atoms with Gasteiger partial charge in [0, 0.05) is 45.8 Å². The van der Waals surface area contributed by atoms with Crippen LogP contribution in [0.4, 0.5) is 0 Å². The van der Waals surface area contributed by atoms with Crippen LogP contribution >= 0.6 is 0 Å². The molecule has 8 nitrogen and oxygen atoms in total. The van der Waals surface area contributed by atoms with Crippen molar-refractivity contribution >= 4 is 17.7 Å². The van der Waals surface area contributed by atoms with E-state index in [2.05, 4.69) is 5.10 Å². The zero-order chi connectivity index (χ0) is 18.8. The van der Waals surface area contributed by atoms with Crippen molar-refractivity contribution in [2.24, 2.45) is 5.92 Å². The predicted molar refractivity (Wildman–Crippen MR) is 95.7 cm³/mol. The molecule has 0 radical (unpaired) electrons. The third-order valence-corrected chi connectivity index (χ3v) is 5.35. The SMILES string of the molecule is CCN(CC)C(=O)C1CCCN(C(=O)c2cc3n(n2)CCN(C)C3=O)C1. The molecular formula is C18H27N5O3. The molecule has 0 saturated carbocycles. The van der Waals surface area contributed by atoms with Crippen molar-refractivity contribution in [3.8, 4) is 0 Å². The maximum Gasteiger partial charge on any atom is 0.274 e. The van der Waals surface area contributed by atoms with Crippen molar-refractivity contribution in [2.45, 2.75) is 33.2 Å². The molecule has 1 saturated heterocycles. The summed E-state index contributed by atoms with van der Waals surface area (Å²) in [6.07, 6.45) is 1.61. The number of aromatic nitrogens is 2. The summed E-state index contributed by atoms with van der Waals surface area (Å²) in [6, 6.07) is 1.58. The molecule has 1 aromatic heterocycles. The Morgan fingerprint density at radius 2 is 1.96 bits per heavy atom. The van der Waals surface area contributed by atoms with Crippen LogP contribution in [0.25, 0.3) is 0 Å². The lowest BCUT2D eigenvalue weighted by Gasteiger charge is -2.34. The van der Waals surface area contributed by atoms with Gasteiger partial charge in [0.2, 0.25) is 5.91 Å². The highest BCUT2D eigenvalue weighted by Crippen LogP contribution is 2.21. The Morgan fingerprint density at radius 3 is 2.65 bits per heavy atom. The number of fused-ring (bicyclic) bond motifs is 1. The number of piperidine rings is 1. The van der Waals surface area contributed by atoms with Gasteiger partial charge in [0.15, 0.2) is 5.69 Å². The van der Waals surface area contributed by atoms with E-state index < -0.39 is 0 Å². The molecule has 3 amide bonds. The van der Waals surface area contributed by atoms with Gasteiger partial charge >= 0.3 is 0 Å². The second-order valence-electron chi connectivity index (χ2n) is 6.97. The normalized spacial score (nSPS) is 20.1. The van der Waals surface area contributed by atoms with E-state index >= 15 is 0 Å². The lowest BCUT2D eigenvalue weighted by atomic mass is 9.96. The van der Waals surface area contributed by atoms with Gasteiger partial charge in [-0.3, -0.25) is 19.1 Å². The average Bonchev–Trinajstić information content (AvgIpc) is 3.10. The summed E-state index contributed by atoms with van der Waals surface area (Å²) in [4.78, 5) is 42.9. The Bertz CT molecular complexity index is 710. The Kier molecular flexibility index (Phi) is 5.29. The van der Waals surface area contributed by atoms with Gasteiger partial charge < -0.3 is 14.7 Å². The molecule has 0 bridgehead atoms. The molecule has 8 heteroatoms. The highest BCUT2D eigenvalue weighted by Gasteiger charge is 2.33. The molecule has 142 valence electrons. The minimum absolute atomic E-state index is 0.115. The van der Waals surface area contributed by atoms with E-state index in [-0.39, 0.29) is 23.6 Å². The maximum atomic E-state index is 12.9. The van der Waals surface area contributed by atoms with Gasteiger partial charge in [-0.25, -0.2) is 0 Å². The van der Waals surface area contributed by atoms with Gasteiger partial charge in [0.1, 0.15) is 5.69 Å². The highest BCUT2D eigenvalue weighted by atomic mass is 16.2. The summed E-state index contributed by atoms with van der Waals surface area (Å²) in [6.45, 7) is 7.53. The van der Waals surface area contributed by atoms with E-state index in [1.807, 2.05) is 18.7 Å². The highest BCUT2D eigenvalue weighted by molar-refractivity contribution is 5.98. The van der Waals surface area contributed by atoms with Crippen LogP contribution in [0.15, 0.2) is 6.07 Å². The lowest BCUT2D eigenvalue weighted by Crippen LogP contribution is -2.46. The second kappa shape index (κ2) is 7.47. The maximum absolute atomic E-state index is 12.9. The Morgan fingerprint density at radius 1 is 1.23 bits per heavy atom. The summed E-state index contributed by atoms with van der Waals surface area (Å²) in [5, 5.41) is 4.33. The molecule has 0 spiro atoms. The Labute approximate surface area is 153 Å². The number of nitrogens with zero attached hydrogens (tertiary/aromatic N) is 5. The van der Waals surface area contributed by atoms with Crippen molar-refractivity contribution in [1.82, 2.24) is 24.5 Å². The number of amides is 3. The molecule has 1 fully saturated rings. The first-order valence-electron chi connectivity index (χ1n) is 9.37. The summed E-state index contributed by atoms with van der Waals surface area (Å²) in [5.74, 6) is -0.346. The van der Waals surface area contributed by atoms with E-state index in [0.717, 1.165) is 12.8 Å². The Hall–Kier alpha value is -2.38. The minimum Gasteiger partial charge on any atom is -0.343 e. The number of likely N-dealkylation sites (N-methyl/N-ethyl adjacent to an activating group) is 1. The predicted octanol–water partition coefficient (Wildman–Crippen LogP) is 0.689. The molecule has 2 aliphatic rings. The number of hydrogen-bond donors (Lipinski definition) is 0. The van der Waals surface area contributed by atoms with Gasteiger partial charge in [-0.2, -0.15) is 5.10 Å². The fraction of sp³-hybridized carbons (Fsp3) is 0.667. The smallest absolute Gasteiger partial charge is 0.274 e. The minimum atomic E-state index is -0.195. The van der Waals surface area contributed by atoms with Gasteiger partial charge in [-0.1, -0.05) is 0 Å². The molecule has 1 aromatic rings. The van der Waals surface area contributed by atoms with Crippen molar-refractivity contribution in [3.05, 3.63) is 17.5 Å². The molecule has 3 heterocycles. The summed E-state index contributed by atoms with van der Waals surface area (Å²) >= 11 is 0. The van der Waals surface area contributed by atoms with Crippen LogP contribution in [0.5, 0.6) is 0 Å². The Balaban J connectivity index is 1.73. The van der Waals surface area contributed by atoms with Crippen LogP contribution in [0.3, 0.4) is 0 Å². The van der Waals surface area contributed by atoms with Gasteiger partial charge in [0.25, 0.3) is 11.8 Å². The fourth-order valence-electron chi connectivity index (χ4n) is 3.72. The van der Waals surface area contributed by atoms with Crippen LogP contribution in [-0.2, 0) is 11.3 Å². The van der Waals surface area contributed by atoms with Crippen LogP contribution in [-0.4, -0.2) is 82.0 Å². The number of carbonyl (C=O) groups excluding carboxylic acids is 3. The zero-order valence-corrected chi connectivity index (χ0v) is 15.8. The standard InChI is InChI=1S/C18H27N5O3/c1-4-21(5-2)16(24)13-7-6-8-22(12-13)17(25)14-11-15-18(26)20(3)9-10-23(15)19-14/h11,13H,4-10,12H2,1-3H3. The first-order chi connectivity index (χ1) is 12.5. The van der Waals surface area contributed by atoms with Gasteiger partial charge in [-0.05, 0) is 26.7 Å². The first kappa shape index (κ1) is 18.4. The van der Waals surface area contributed by atoms with Crippen LogP contribution in [0.1, 0.15) is 47.7 Å². The fourth-order valence-corrected chi connectivity index (χ4v) is 3.72. The van der Waals surface area contributed by atoms with E-state index in [1.54, 1.807) is 27.6 Å². The van der Waals surface area contributed by atoms with Crippen molar-refractivity contribution in [1.29, 1.82) is 0 Å². The third kappa shape index (κ3) is 3.32. The topological polar surface area (TPSA) is 78.8 Å². The largest absolute Gasteiger partial charge is 0.343 e. The van der Waals surface area contributed by atoms with Crippen molar-refractivity contribution < 1.29 is 14.4 Å². The van der Waals surface area contributed by atoms with Crippen LogP contribution < -0.4 is 0 Å². The molecule has 2 aliphatic heterocycles. The van der Waals surface area contributed by atoms with E-state index in [1.165, 1.54) is 0 Å². The van der Waals surface area contributed by atoms with E-state index in [0.29, 0.717) is 50.7 Å². The lowest BCUT2D eigenvalue weighted by molar-refractivity contribution is -0.136. The number of rotatable bonds is 4. The van der Waals surface area contributed by atoms with Gasteiger partial charge in [0.05, 0.1) is 12.5 Å². The summed E-state index contributed by atoms with van der Waals surface area (Å²) in [5.41, 5.74) is 0.745. The molecule has 0 aromatic carbocycles.